The zero-order chi connectivity index (χ0) is 13.5. The zero-order valence-corrected chi connectivity index (χ0v) is 13.0. The summed E-state index contributed by atoms with van der Waals surface area (Å²) >= 11 is 1.94. The normalized spacial score (nSPS) is 22.3. The van der Waals surface area contributed by atoms with Crippen molar-refractivity contribution < 1.29 is 0 Å². The van der Waals surface area contributed by atoms with Crippen molar-refractivity contribution in [1.82, 2.24) is 10.2 Å². The van der Waals surface area contributed by atoms with E-state index in [1.165, 1.54) is 30.8 Å². The summed E-state index contributed by atoms with van der Waals surface area (Å²) in [4.78, 5) is 3.83. The fourth-order valence-electron chi connectivity index (χ4n) is 2.75. The Hall–Kier alpha value is -0.510. The van der Waals surface area contributed by atoms with Gasteiger partial charge in [0.05, 0.1) is 0 Å². The van der Waals surface area contributed by atoms with Gasteiger partial charge in [-0.2, -0.15) is 0 Å². The minimum atomic E-state index is 0.638. The van der Waals surface area contributed by atoms with E-state index < -0.39 is 0 Å². The topological polar surface area (TPSA) is 15.3 Å². The summed E-state index contributed by atoms with van der Waals surface area (Å²) in [7, 11) is 2.24. The Morgan fingerprint density at radius 2 is 2.16 bits per heavy atom. The van der Waals surface area contributed by atoms with E-state index in [-0.39, 0.29) is 0 Å². The van der Waals surface area contributed by atoms with Crippen LogP contribution in [0.25, 0.3) is 0 Å². The molecule has 0 aliphatic carbocycles. The van der Waals surface area contributed by atoms with Crippen molar-refractivity contribution in [1.29, 1.82) is 0 Å². The third-order valence-corrected chi connectivity index (χ3v) is 4.96. The Bertz CT molecular complexity index is 355. The molecule has 2 nitrogen and oxygen atoms in total. The Kier molecular flexibility index (Phi) is 6.21. The standard InChI is InChI=1S/C16H26N2S/c1-14(15-7-6-11-18(2)13-15)17-10-12-19-16-8-4-3-5-9-16/h3-5,8-9,14-15,17H,6-7,10-13H2,1-2H3. The molecule has 0 radical (unpaired) electrons. The highest BCUT2D eigenvalue weighted by atomic mass is 32.2. The van der Waals surface area contributed by atoms with E-state index in [1.807, 2.05) is 11.8 Å². The van der Waals surface area contributed by atoms with Crippen LogP contribution in [0.3, 0.4) is 0 Å². The van der Waals surface area contributed by atoms with Gasteiger partial charge in [-0.25, -0.2) is 0 Å². The minimum Gasteiger partial charge on any atom is -0.313 e. The lowest BCUT2D eigenvalue weighted by molar-refractivity contribution is 0.180. The van der Waals surface area contributed by atoms with Crippen LogP contribution in [0, 0.1) is 5.92 Å². The van der Waals surface area contributed by atoms with Crippen molar-refractivity contribution in [2.24, 2.45) is 5.92 Å². The second-order valence-corrected chi connectivity index (χ2v) is 6.74. The molecule has 1 saturated heterocycles. The quantitative estimate of drug-likeness (QED) is 0.636. The summed E-state index contributed by atoms with van der Waals surface area (Å²) in [5, 5.41) is 3.70. The largest absolute Gasteiger partial charge is 0.313 e. The van der Waals surface area contributed by atoms with E-state index in [9.17, 15) is 0 Å². The van der Waals surface area contributed by atoms with E-state index in [2.05, 4.69) is 54.5 Å². The first-order valence-electron chi connectivity index (χ1n) is 7.35. The van der Waals surface area contributed by atoms with Crippen molar-refractivity contribution in [2.75, 3.05) is 32.4 Å². The Morgan fingerprint density at radius 3 is 2.89 bits per heavy atom. The number of nitrogens with zero attached hydrogens (tertiary/aromatic N) is 1. The van der Waals surface area contributed by atoms with Crippen LogP contribution in [0.1, 0.15) is 19.8 Å². The number of hydrogen-bond donors (Lipinski definition) is 1. The summed E-state index contributed by atoms with van der Waals surface area (Å²) in [6.45, 7) is 5.96. The monoisotopic (exact) mass is 278 g/mol. The summed E-state index contributed by atoms with van der Waals surface area (Å²) in [5.41, 5.74) is 0. The molecule has 19 heavy (non-hydrogen) atoms. The molecule has 0 spiro atoms. The van der Waals surface area contributed by atoms with E-state index >= 15 is 0 Å². The Morgan fingerprint density at radius 1 is 1.37 bits per heavy atom. The van der Waals surface area contributed by atoms with Crippen LogP contribution in [0.2, 0.25) is 0 Å². The number of piperidine rings is 1. The lowest BCUT2D eigenvalue weighted by atomic mass is 9.92. The molecule has 1 heterocycles. The van der Waals surface area contributed by atoms with Gasteiger partial charge in [-0.05, 0) is 51.4 Å². The van der Waals surface area contributed by atoms with Gasteiger partial charge in [0.25, 0.3) is 0 Å². The molecule has 0 aromatic heterocycles. The molecule has 1 aliphatic rings. The maximum absolute atomic E-state index is 3.70. The first kappa shape index (κ1) is 14.9. The molecule has 1 N–H and O–H groups in total. The minimum absolute atomic E-state index is 0.638. The molecule has 106 valence electrons. The van der Waals surface area contributed by atoms with Crippen LogP contribution in [0.5, 0.6) is 0 Å². The lowest BCUT2D eigenvalue weighted by Gasteiger charge is -2.34. The number of rotatable bonds is 6. The highest BCUT2D eigenvalue weighted by molar-refractivity contribution is 7.99. The van der Waals surface area contributed by atoms with Crippen LogP contribution in [-0.4, -0.2) is 43.4 Å². The molecule has 1 aliphatic heterocycles. The van der Waals surface area contributed by atoms with Crippen LogP contribution >= 0.6 is 11.8 Å². The van der Waals surface area contributed by atoms with Crippen LogP contribution in [0.4, 0.5) is 0 Å². The molecule has 0 amide bonds. The van der Waals surface area contributed by atoms with Gasteiger partial charge in [0, 0.05) is 29.8 Å². The number of likely N-dealkylation sites (tertiary alicyclic amines) is 1. The summed E-state index contributed by atoms with van der Waals surface area (Å²) in [6, 6.07) is 11.3. The third kappa shape index (κ3) is 5.17. The maximum Gasteiger partial charge on any atom is 0.0106 e. The molecule has 1 aromatic carbocycles. The third-order valence-electron chi connectivity index (χ3n) is 3.95. The second-order valence-electron chi connectivity index (χ2n) is 5.57. The average molecular weight is 278 g/mol. The van der Waals surface area contributed by atoms with Crippen molar-refractivity contribution >= 4 is 11.8 Å². The molecular formula is C16H26N2S. The number of nitrogens with one attached hydrogen (secondary N) is 1. The van der Waals surface area contributed by atoms with Gasteiger partial charge in [-0.15, -0.1) is 11.8 Å². The predicted molar refractivity (Wildman–Crippen MR) is 84.9 cm³/mol. The predicted octanol–water partition coefficient (Wildman–Crippen LogP) is 3.10. The van der Waals surface area contributed by atoms with Crippen molar-refractivity contribution in [2.45, 2.75) is 30.7 Å². The Labute approximate surface area is 122 Å². The van der Waals surface area contributed by atoms with Crippen molar-refractivity contribution in [3.8, 4) is 0 Å². The molecule has 2 atom stereocenters. The van der Waals surface area contributed by atoms with Crippen LogP contribution < -0.4 is 5.32 Å². The molecule has 3 heteroatoms. The van der Waals surface area contributed by atoms with Gasteiger partial charge in [-0.1, -0.05) is 18.2 Å². The van der Waals surface area contributed by atoms with E-state index in [1.54, 1.807) is 0 Å². The fourth-order valence-corrected chi connectivity index (χ4v) is 3.56. The lowest BCUT2D eigenvalue weighted by Crippen LogP contribution is -2.43. The number of hydrogen-bond acceptors (Lipinski definition) is 3. The van der Waals surface area contributed by atoms with Gasteiger partial charge in [0.1, 0.15) is 0 Å². The second kappa shape index (κ2) is 7.93. The van der Waals surface area contributed by atoms with Crippen LogP contribution in [-0.2, 0) is 0 Å². The summed E-state index contributed by atoms with van der Waals surface area (Å²) < 4.78 is 0. The molecule has 0 bridgehead atoms. The zero-order valence-electron chi connectivity index (χ0n) is 12.1. The SMILES string of the molecule is CC(NCCSc1ccccc1)C1CCCN(C)C1. The molecule has 0 saturated carbocycles. The van der Waals surface area contributed by atoms with E-state index in [0.29, 0.717) is 6.04 Å². The first-order valence-corrected chi connectivity index (χ1v) is 8.34. The van der Waals surface area contributed by atoms with Crippen molar-refractivity contribution in [3.63, 3.8) is 0 Å². The van der Waals surface area contributed by atoms with Gasteiger partial charge in [0.15, 0.2) is 0 Å². The fraction of sp³-hybridized carbons (Fsp3) is 0.625. The van der Waals surface area contributed by atoms with E-state index in [0.717, 1.165) is 18.2 Å². The molecular weight excluding hydrogens is 252 g/mol. The van der Waals surface area contributed by atoms with Crippen molar-refractivity contribution in [3.05, 3.63) is 30.3 Å². The van der Waals surface area contributed by atoms with Crippen LogP contribution in [0.15, 0.2) is 35.2 Å². The Balaban J connectivity index is 1.62. The number of thioether (sulfide) groups is 1. The van der Waals surface area contributed by atoms with Gasteiger partial charge >= 0.3 is 0 Å². The highest BCUT2D eigenvalue weighted by Crippen LogP contribution is 2.19. The van der Waals surface area contributed by atoms with Gasteiger partial charge in [0.2, 0.25) is 0 Å². The maximum atomic E-state index is 3.70. The van der Waals surface area contributed by atoms with E-state index in [4.69, 9.17) is 0 Å². The smallest absolute Gasteiger partial charge is 0.0106 e. The highest BCUT2D eigenvalue weighted by Gasteiger charge is 2.21. The van der Waals surface area contributed by atoms with Gasteiger partial charge in [-0.3, -0.25) is 0 Å². The first-order chi connectivity index (χ1) is 9.25. The molecule has 2 unspecified atom stereocenters. The van der Waals surface area contributed by atoms with Gasteiger partial charge < -0.3 is 10.2 Å². The molecule has 2 rings (SSSR count). The average Bonchev–Trinajstić information content (AvgIpc) is 2.44. The number of benzene rings is 1. The summed E-state index contributed by atoms with van der Waals surface area (Å²) in [5.74, 6) is 1.97. The molecule has 1 fully saturated rings. The summed E-state index contributed by atoms with van der Waals surface area (Å²) in [6.07, 6.45) is 2.73. The molecule has 1 aromatic rings.